The minimum atomic E-state index is -0.345. The number of aliphatic hydroxyl groups excluding tert-OH is 1. The maximum Gasteiger partial charge on any atom is 0.230 e. The van der Waals surface area contributed by atoms with Gasteiger partial charge >= 0.3 is 0 Å². The number of hydrogen-bond donors (Lipinski definition) is 2. The van der Waals surface area contributed by atoms with Gasteiger partial charge in [0, 0.05) is 6.54 Å². The molecule has 0 fully saturated rings. The predicted molar refractivity (Wildman–Crippen MR) is 90.5 cm³/mol. The lowest BCUT2D eigenvalue weighted by atomic mass is 10.1. The van der Waals surface area contributed by atoms with Gasteiger partial charge in [-0.15, -0.1) is 5.10 Å². The van der Waals surface area contributed by atoms with E-state index in [1.807, 2.05) is 18.0 Å². The van der Waals surface area contributed by atoms with Gasteiger partial charge in [0.25, 0.3) is 0 Å². The van der Waals surface area contributed by atoms with Crippen LogP contribution in [0.2, 0.25) is 0 Å². The molecule has 0 spiro atoms. The molecule has 0 saturated heterocycles. The van der Waals surface area contributed by atoms with Gasteiger partial charge in [-0.3, -0.25) is 4.90 Å². The summed E-state index contributed by atoms with van der Waals surface area (Å²) in [5.41, 5.74) is 0. The minimum Gasteiger partial charge on any atom is -0.492 e. The molecule has 130 valence electrons. The summed E-state index contributed by atoms with van der Waals surface area (Å²) in [5, 5.41) is 24.3. The van der Waals surface area contributed by atoms with E-state index in [9.17, 15) is 10.2 Å². The van der Waals surface area contributed by atoms with Crippen LogP contribution in [0.1, 0.15) is 16.7 Å². The standard InChI is InChI=1S/C16H16N4O4S/c1-19(6-7-21)12(10-4-2-8-23-10)13-15(22)20-16(25-13)17-14(18-20)11-5-3-9-24-11/h2-5,8-9,12,21-22H,6-7H2,1H3. The van der Waals surface area contributed by atoms with Crippen LogP contribution >= 0.6 is 11.3 Å². The molecular weight excluding hydrogens is 344 g/mol. The van der Waals surface area contributed by atoms with E-state index in [1.54, 1.807) is 30.7 Å². The zero-order valence-corrected chi connectivity index (χ0v) is 14.2. The highest BCUT2D eigenvalue weighted by Crippen LogP contribution is 2.39. The number of furan rings is 2. The monoisotopic (exact) mass is 360 g/mol. The zero-order chi connectivity index (χ0) is 17.4. The first kappa shape index (κ1) is 15.9. The fourth-order valence-electron chi connectivity index (χ4n) is 2.72. The lowest BCUT2D eigenvalue weighted by molar-refractivity contribution is 0.184. The summed E-state index contributed by atoms with van der Waals surface area (Å²) < 4.78 is 12.2. The number of fused-ring (bicyclic) bond motifs is 1. The van der Waals surface area contributed by atoms with E-state index >= 15 is 0 Å². The molecule has 0 amide bonds. The fraction of sp³-hybridized carbons (Fsp3) is 0.250. The third-order valence-electron chi connectivity index (χ3n) is 3.90. The van der Waals surface area contributed by atoms with E-state index in [1.165, 1.54) is 15.9 Å². The van der Waals surface area contributed by atoms with E-state index in [0.717, 1.165) is 0 Å². The van der Waals surface area contributed by atoms with Crippen molar-refractivity contribution in [2.45, 2.75) is 6.04 Å². The highest BCUT2D eigenvalue weighted by molar-refractivity contribution is 7.17. The molecule has 1 atom stereocenters. The average Bonchev–Trinajstić information content (AvgIpc) is 3.35. The van der Waals surface area contributed by atoms with Gasteiger partial charge in [-0.05, 0) is 31.3 Å². The van der Waals surface area contributed by atoms with Crippen LogP contribution in [0.3, 0.4) is 0 Å². The molecule has 0 bridgehead atoms. The zero-order valence-electron chi connectivity index (χ0n) is 13.4. The number of likely N-dealkylation sites (N-methyl/N-ethyl adjacent to an activating group) is 1. The van der Waals surface area contributed by atoms with Crippen LogP contribution in [0, 0.1) is 0 Å². The molecular formula is C16H16N4O4S. The third kappa shape index (κ3) is 2.72. The number of nitrogens with zero attached hydrogens (tertiary/aromatic N) is 4. The lowest BCUT2D eigenvalue weighted by Gasteiger charge is -2.24. The number of aromatic nitrogens is 3. The highest BCUT2D eigenvalue weighted by Gasteiger charge is 2.29. The lowest BCUT2D eigenvalue weighted by Crippen LogP contribution is -2.27. The van der Waals surface area contributed by atoms with Crippen LogP contribution in [0.25, 0.3) is 16.5 Å². The Morgan fingerprint density at radius 3 is 2.72 bits per heavy atom. The Balaban J connectivity index is 1.78. The number of rotatable bonds is 6. The first-order valence-corrected chi connectivity index (χ1v) is 8.47. The van der Waals surface area contributed by atoms with Gasteiger partial charge in [0.2, 0.25) is 16.7 Å². The van der Waals surface area contributed by atoms with Crippen molar-refractivity contribution in [3.8, 4) is 17.5 Å². The molecule has 25 heavy (non-hydrogen) atoms. The van der Waals surface area contributed by atoms with Crippen molar-refractivity contribution in [1.29, 1.82) is 0 Å². The topological polar surface area (TPSA) is 100 Å². The molecule has 2 N–H and O–H groups in total. The second-order valence-corrected chi connectivity index (χ2v) is 6.53. The molecule has 9 heteroatoms. The second kappa shape index (κ2) is 6.36. The number of aromatic hydroxyl groups is 1. The van der Waals surface area contributed by atoms with Crippen LogP contribution in [0.15, 0.2) is 45.6 Å². The van der Waals surface area contributed by atoms with E-state index in [-0.39, 0.29) is 18.5 Å². The third-order valence-corrected chi connectivity index (χ3v) is 4.97. The first-order chi connectivity index (χ1) is 12.2. The van der Waals surface area contributed by atoms with Crippen molar-refractivity contribution < 1.29 is 19.0 Å². The molecule has 0 aliphatic rings. The summed E-state index contributed by atoms with van der Waals surface area (Å²) >= 11 is 1.32. The molecule has 0 saturated carbocycles. The van der Waals surface area contributed by atoms with Crippen molar-refractivity contribution in [3.63, 3.8) is 0 Å². The van der Waals surface area contributed by atoms with Gasteiger partial charge in [-0.2, -0.15) is 9.50 Å². The molecule has 4 aromatic heterocycles. The molecule has 0 aromatic carbocycles. The fourth-order valence-corrected chi connectivity index (χ4v) is 3.85. The van der Waals surface area contributed by atoms with Crippen LogP contribution in [-0.4, -0.2) is 49.9 Å². The van der Waals surface area contributed by atoms with Crippen molar-refractivity contribution in [1.82, 2.24) is 19.5 Å². The Hall–Kier alpha value is -2.62. The van der Waals surface area contributed by atoms with Crippen LogP contribution in [-0.2, 0) is 0 Å². The molecule has 4 rings (SSSR count). The number of aliphatic hydroxyl groups is 1. The van der Waals surface area contributed by atoms with Gasteiger partial charge in [0.15, 0.2) is 5.76 Å². The largest absolute Gasteiger partial charge is 0.492 e. The average molecular weight is 360 g/mol. The van der Waals surface area contributed by atoms with E-state index in [0.29, 0.717) is 33.7 Å². The van der Waals surface area contributed by atoms with Gasteiger partial charge in [-0.25, -0.2) is 0 Å². The summed E-state index contributed by atoms with van der Waals surface area (Å²) in [6, 6.07) is 6.80. The van der Waals surface area contributed by atoms with Gasteiger partial charge in [-0.1, -0.05) is 11.3 Å². The van der Waals surface area contributed by atoms with Gasteiger partial charge < -0.3 is 19.0 Å². The summed E-state index contributed by atoms with van der Waals surface area (Å²) in [6.45, 7) is 0.425. The number of thiazole rings is 1. The Labute approximate surface area is 146 Å². The molecule has 4 heterocycles. The summed E-state index contributed by atoms with van der Waals surface area (Å²) in [5.74, 6) is 1.62. The molecule has 0 radical (unpaired) electrons. The predicted octanol–water partition coefficient (Wildman–Crippen LogP) is 2.36. The van der Waals surface area contributed by atoms with Crippen LogP contribution in [0.4, 0.5) is 0 Å². The van der Waals surface area contributed by atoms with E-state index in [4.69, 9.17) is 8.83 Å². The molecule has 1 unspecified atom stereocenters. The van der Waals surface area contributed by atoms with Crippen LogP contribution < -0.4 is 0 Å². The summed E-state index contributed by atoms with van der Waals surface area (Å²) in [7, 11) is 1.85. The quantitative estimate of drug-likeness (QED) is 0.544. The Morgan fingerprint density at radius 1 is 1.28 bits per heavy atom. The Morgan fingerprint density at radius 2 is 2.08 bits per heavy atom. The Kier molecular flexibility index (Phi) is 4.04. The van der Waals surface area contributed by atoms with Crippen LogP contribution in [0.5, 0.6) is 5.88 Å². The second-order valence-electron chi connectivity index (χ2n) is 5.52. The van der Waals surface area contributed by atoms with Crippen molar-refractivity contribution >= 4 is 16.3 Å². The summed E-state index contributed by atoms with van der Waals surface area (Å²) in [4.78, 5) is 7.52. The van der Waals surface area contributed by atoms with Gasteiger partial charge in [0.05, 0.1) is 24.0 Å². The van der Waals surface area contributed by atoms with Crippen molar-refractivity contribution in [2.24, 2.45) is 0 Å². The van der Waals surface area contributed by atoms with Crippen molar-refractivity contribution in [2.75, 3.05) is 20.2 Å². The van der Waals surface area contributed by atoms with Gasteiger partial charge in [0.1, 0.15) is 11.8 Å². The Bertz CT molecular complexity index is 958. The number of hydrogen-bond acceptors (Lipinski definition) is 8. The first-order valence-electron chi connectivity index (χ1n) is 7.66. The minimum absolute atomic E-state index is 0.00211. The van der Waals surface area contributed by atoms with E-state index < -0.39 is 0 Å². The molecule has 4 aromatic rings. The normalized spacial score (nSPS) is 13.1. The molecule has 0 aliphatic heterocycles. The smallest absolute Gasteiger partial charge is 0.230 e. The summed E-state index contributed by atoms with van der Waals surface area (Å²) in [6.07, 6.45) is 3.13. The SMILES string of the molecule is CN(CCO)C(c1ccco1)c1sc2nc(-c3ccco3)nn2c1O. The molecule has 0 aliphatic carbocycles. The maximum atomic E-state index is 10.7. The van der Waals surface area contributed by atoms with Crippen molar-refractivity contribution in [3.05, 3.63) is 47.4 Å². The van der Waals surface area contributed by atoms with E-state index in [2.05, 4.69) is 10.1 Å². The highest BCUT2D eigenvalue weighted by atomic mass is 32.1. The maximum absolute atomic E-state index is 10.7. The molecule has 8 nitrogen and oxygen atoms in total.